The van der Waals surface area contributed by atoms with Gasteiger partial charge in [-0.2, -0.15) is 5.10 Å². The molecule has 0 radical (unpaired) electrons. The van der Waals surface area contributed by atoms with E-state index in [1.807, 2.05) is 36.2 Å². The topological polar surface area (TPSA) is 93.7 Å². The van der Waals surface area contributed by atoms with Gasteiger partial charge >= 0.3 is 0 Å². The highest BCUT2D eigenvalue weighted by atomic mass is 16.3. The summed E-state index contributed by atoms with van der Waals surface area (Å²) in [5.41, 5.74) is 4.97. The van der Waals surface area contributed by atoms with Gasteiger partial charge in [0.25, 0.3) is 0 Å². The third kappa shape index (κ3) is 3.13. The number of aromatic nitrogens is 6. The highest BCUT2D eigenvalue weighted by Crippen LogP contribution is 2.20. The number of pyridine rings is 1. The number of hydrogen-bond donors (Lipinski definition) is 2. The van der Waals surface area contributed by atoms with Crippen molar-refractivity contribution in [3.63, 3.8) is 0 Å². The van der Waals surface area contributed by atoms with Gasteiger partial charge in [0.05, 0.1) is 24.5 Å². The molecule has 0 amide bonds. The lowest BCUT2D eigenvalue weighted by molar-refractivity contribution is 0.268. The maximum absolute atomic E-state index is 9.10. The standard InChI is InChI=1S/C16H21N7O/c1-11-15(12(2)23(21-11)4-5-24)9-18-14-6-13(7-17-8-14)16-20-19-10-22(16)3/h6-8,10,18,24H,4-5,9H2,1-3H3. The highest BCUT2D eigenvalue weighted by molar-refractivity contribution is 5.60. The zero-order valence-electron chi connectivity index (χ0n) is 14.1. The maximum Gasteiger partial charge on any atom is 0.165 e. The Balaban J connectivity index is 1.77. The van der Waals surface area contributed by atoms with Crippen LogP contribution in [0.1, 0.15) is 17.0 Å². The van der Waals surface area contributed by atoms with Crippen LogP contribution in [-0.4, -0.2) is 41.2 Å². The fourth-order valence-corrected chi connectivity index (χ4v) is 2.70. The molecule has 3 rings (SSSR count). The third-order valence-corrected chi connectivity index (χ3v) is 4.02. The molecule has 0 atom stereocenters. The van der Waals surface area contributed by atoms with Crippen LogP contribution in [0.15, 0.2) is 24.8 Å². The van der Waals surface area contributed by atoms with Gasteiger partial charge < -0.3 is 15.0 Å². The lowest BCUT2D eigenvalue weighted by atomic mass is 10.2. The summed E-state index contributed by atoms with van der Waals surface area (Å²) in [6, 6.07) is 2.00. The van der Waals surface area contributed by atoms with Crippen molar-refractivity contribution < 1.29 is 5.11 Å². The van der Waals surface area contributed by atoms with E-state index in [2.05, 4.69) is 25.6 Å². The summed E-state index contributed by atoms with van der Waals surface area (Å²) in [7, 11) is 1.90. The lowest BCUT2D eigenvalue weighted by Crippen LogP contribution is -2.07. The number of aliphatic hydroxyl groups excluding tert-OH is 1. The van der Waals surface area contributed by atoms with Crippen LogP contribution < -0.4 is 5.32 Å². The molecule has 0 aliphatic carbocycles. The first kappa shape index (κ1) is 16.1. The van der Waals surface area contributed by atoms with Gasteiger partial charge in [-0.25, -0.2) is 0 Å². The van der Waals surface area contributed by atoms with E-state index in [4.69, 9.17) is 5.11 Å². The third-order valence-electron chi connectivity index (χ3n) is 4.02. The summed E-state index contributed by atoms with van der Waals surface area (Å²) in [6.45, 7) is 5.23. The molecule has 0 fully saturated rings. The molecule has 0 aliphatic rings. The number of nitrogens with one attached hydrogen (secondary N) is 1. The second-order valence-electron chi connectivity index (χ2n) is 5.68. The van der Waals surface area contributed by atoms with Gasteiger partial charge in [-0.05, 0) is 19.9 Å². The van der Waals surface area contributed by atoms with Crippen molar-refractivity contribution in [1.82, 2.24) is 29.5 Å². The number of anilines is 1. The fraction of sp³-hybridized carbons (Fsp3) is 0.375. The Morgan fingerprint density at radius 1 is 1.25 bits per heavy atom. The molecule has 0 saturated heterocycles. The molecule has 0 aliphatic heterocycles. The molecule has 0 unspecified atom stereocenters. The van der Waals surface area contributed by atoms with E-state index in [1.165, 1.54) is 0 Å². The largest absolute Gasteiger partial charge is 0.394 e. The first-order valence-corrected chi connectivity index (χ1v) is 7.77. The summed E-state index contributed by atoms with van der Waals surface area (Å²) >= 11 is 0. The van der Waals surface area contributed by atoms with E-state index in [0.29, 0.717) is 13.1 Å². The Morgan fingerprint density at radius 2 is 2.08 bits per heavy atom. The summed E-state index contributed by atoms with van der Waals surface area (Å²) in [4.78, 5) is 4.28. The maximum atomic E-state index is 9.10. The van der Waals surface area contributed by atoms with E-state index in [9.17, 15) is 0 Å². The van der Waals surface area contributed by atoms with Gasteiger partial charge in [-0.1, -0.05) is 0 Å². The molecule has 24 heavy (non-hydrogen) atoms. The summed E-state index contributed by atoms with van der Waals surface area (Å²) in [5, 5.41) is 24.9. The number of hydrogen-bond acceptors (Lipinski definition) is 6. The first-order valence-electron chi connectivity index (χ1n) is 7.77. The van der Waals surface area contributed by atoms with Crippen molar-refractivity contribution in [3.05, 3.63) is 41.7 Å². The van der Waals surface area contributed by atoms with Crippen LogP contribution in [-0.2, 0) is 20.1 Å². The van der Waals surface area contributed by atoms with E-state index < -0.39 is 0 Å². The molecular weight excluding hydrogens is 306 g/mol. The Labute approximate surface area is 140 Å². The van der Waals surface area contributed by atoms with Crippen molar-refractivity contribution in [3.8, 4) is 11.4 Å². The average molecular weight is 327 g/mol. The van der Waals surface area contributed by atoms with Gasteiger partial charge in [-0.15, -0.1) is 10.2 Å². The van der Waals surface area contributed by atoms with Gasteiger partial charge in [0.2, 0.25) is 0 Å². The molecule has 2 N–H and O–H groups in total. The normalized spacial score (nSPS) is 11.0. The second-order valence-corrected chi connectivity index (χ2v) is 5.68. The molecule has 8 heteroatoms. The van der Waals surface area contributed by atoms with Crippen LogP contribution in [0.5, 0.6) is 0 Å². The molecule has 3 aromatic rings. The minimum atomic E-state index is 0.0818. The van der Waals surface area contributed by atoms with Gasteiger partial charge in [0.1, 0.15) is 6.33 Å². The predicted molar refractivity (Wildman–Crippen MR) is 90.3 cm³/mol. The number of aryl methyl sites for hydroxylation is 2. The Morgan fingerprint density at radius 3 is 2.79 bits per heavy atom. The quantitative estimate of drug-likeness (QED) is 0.709. The minimum absolute atomic E-state index is 0.0818. The van der Waals surface area contributed by atoms with Crippen LogP contribution in [0.3, 0.4) is 0 Å². The molecule has 126 valence electrons. The smallest absolute Gasteiger partial charge is 0.165 e. The van der Waals surface area contributed by atoms with E-state index in [1.54, 1.807) is 18.7 Å². The van der Waals surface area contributed by atoms with E-state index in [-0.39, 0.29) is 6.61 Å². The lowest BCUT2D eigenvalue weighted by Gasteiger charge is -2.08. The van der Waals surface area contributed by atoms with Crippen LogP contribution in [0.2, 0.25) is 0 Å². The first-order chi connectivity index (χ1) is 11.6. The van der Waals surface area contributed by atoms with Crippen molar-refractivity contribution in [1.29, 1.82) is 0 Å². The van der Waals surface area contributed by atoms with Crippen molar-refractivity contribution in [2.75, 3.05) is 11.9 Å². The van der Waals surface area contributed by atoms with Crippen LogP contribution in [0, 0.1) is 13.8 Å². The predicted octanol–water partition coefficient (Wildman–Crippen LogP) is 1.29. The Hall–Kier alpha value is -2.74. The number of nitrogens with zero attached hydrogens (tertiary/aromatic N) is 6. The Kier molecular flexibility index (Phi) is 4.57. The number of rotatable bonds is 6. The van der Waals surface area contributed by atoms with Gasteiger partial charge in [0, 0.05) is 42.8 Å². The monoisotopic (exact) mass is 327 g/mol. The van der Waals surface area contributed by atoms with Gasteiger partial charge in [-0.3, -0.25) is 9.67 Å². The van der Waals surface area contributed by atoms with Gasteiger partial charge in [0.15, 0.2) is 5.82 Å². The highest BCUT2D eigenvalue weighted by Gasteiger charge is 2.11. The number of aliphatic hydroxyl groups is 1. The molecule has 0 spiro atoms. The fourth-order valence-electron chi connectivity index (χ4n) is 2.70. The molecule has 3 heterocycles. The molecule has 0 saturated carbocycles. The van der Waals surface area contributed by atoms with Crippen molar-refractivity contribution >= 4 is 5.69 Å². The van der Waals surface area contributed by atoms with E-state index >= 15 is 0 Å². The molecule has 3 aromatic heterocycles. The van der Waals surface area contributed by atoms with Crippen LogP contribution in [0.4, 0.5) is 5.69 Å². The second kappa shape index (κ2) is 6.79. The molecule has 8 nitrogen and oxygen atoms in total. The molecular formula is C16H21N7O. The van der Waals surface area contributed by atoms with Crippen molar-refractivity contribution in [2.24, 2.45) is 7.05 Å². The summed E-state index contributed by atoms with van der Waals surface area (Å²) < 4.78 is 3.69. The molecule has 0 aromatic carbocycles. The average Bonchev–Trinajstić information content (AvgIpc) is 3.11. The van der Waals surface area contributed by atoms with Crippen molar-refractivity contribution in [2.45, 2.75) is 26.9 Å². The zero-order chi connectivity index (χ0) is 17.1. The zero-order valence-corrected chi connectivity index (χ0v) is 14.1. The Bertz CT molecular complexity index is 837. The molecule has 0 bridgehead atoms. The van der Waals surface area contributed by atoms with Crippen LogP contribution in [0.25, 0.3) is 11.4 Å². The van der Waals surface area contributed by atoms with E-state index in [0.717, 1.165) is 34.0 Å². The summed E-state index contributed by atoms with van der Waals surface area (Å²) in [6.07, 6.45) is 5.21. The SMILES string of the molecule is Cc1nn(CCO)c(C)c1CNc1cncc(-c2nncn2C)c1. The summed E-state index contributed by atoms with van der Waals surface area (Å²) in [5.74, 6) is 0.772. The van der Waals surface area contributed by atoms with Crippen LogP contribution >= 0.6 is 0 Å². The minimum Gasteiger partial charge on any atom is -0.394 e.